The number of carboxylic acid groups (broad SMARTS) is 1. The highest BCUT2D eigenvalue weighted by molar-refractivity contribution is 7.99. The van der Waals surface area contributed by atoms with E-state index in [2.05, 4.69) is 30.3 Å². The summed E-state index contributed by atoms with van der Waals surface area (Å²) < 4.78 is 2.17. The van der Waals surface area contributed by atoms with Crippen molar-refractivity contribution >= 4 is 17.7 Å². The summed E-state index contributed by atoms with van der Waals surface area (Å²) in [7, 11) is 0. The molecule has 1 N–H and O–H groups in total. The molecule has 1 aromatic heterocycles. The first kappa shape index (κ1) is 15.1. The summed E-state index contributed by atoms with van der Waals surface area (Å²) in [5.74, 6) is -0.310. The topological polar surface area (TPSA) is 55.1 Å². The van der Waals surface area contributed by atoms with Crippen LogP contribution in [-0.2, 0) is 11.3 Å². The second kappa shape index (κ2) is 7.46. The van der Waals surface area contributed by atoms with E-state index >= 15 is 0 Å². The summed E-state index contributed by atoms with van der Waals surface area (Å²) in [4.78, 5) is 15.0. The van der Waals surface area contributed by atoms with Gasteiger partial charge < -0.3 is 9.67 Å². The number of rotatable bonds is 8. The lowest BCUT2D eigenvalue weighted by atomic mass is 10.1. The number of imidazole rings is 1. The first-order valence-electron chi connectivity index (χ1n) is 6.46. The molecule has 0 atom stereocenters. The molecule has 0 unspecified atom stereocenters. The highest BCUT2D eigenvalue weighted by Crippen LogP contribution is 2.24. The van der Waals surface area contributed by atoms with Crippen molar-refractivity contribution in [1.29, 1.82) is 0 Å². The van der Waals surface area contributed by atoms with Crippen LogP contribution in [0.4, 0.5) is 0 Å². The van der Waals surface area contributed by atoms with E-state index in [0.29, 0.717) is 5.92 Å². The SMILES string of the molecule is CCCCCn1c(C(C)C)cnc1SCC(=O)O. The van der Waals surface area contributed by atoms with Crippen molar-refractivity contribution in [2.45, 2.75) is 57.7 Å². The lowest BCUT2D eigenvalue weighted by Gasteiger charge is -2.13. The summed E-state index contributed by atoms with van der Waals surface area (Å²) in [5.41, 5.74) is 1.19. The van der Waals surface area contributed by atoms with Crippen LogP contribution in [0.2, 0.25) is 0 Å². The third-order valence-electron chi connectivity index (χ3n) is 2.75. The zero-order valence-electron chi connectivity index (χ0n) is 11.3. The van der Waals surface area contributed by atoms with Crippen LogP contribution >= 0.6 is 11.8 Å². The minimum atomic E-state index is -0.797. The number of hydrogen-bond acceptors (Lipinski definition) is 3. The van der Waals surface area contributed by atoms with Gasteiger partial charge in [0.15, 0.2) is 5.16 Å². The standard InChI is InChI=1S/C13H22N2O2S/c1-4-5-6-7-15-11(10(2)3)8-14-13(15)18-9-12(16)17/h8,10H,4-7,9H2,1-3H3,(H,16,17). The van der Waals surface area contributed by atoms with Gasteiger partial charge in [-0.15, -0.1) is 0 Å². The van der Waals surface area contributed by atoms with Crippen LogP contribution in [0, 0.1) is 0 Å². The van der Waals surface area contributed by atoms with Crippen LogP contribution in [-0.4, -0.2) is 26.4 Å². The minimum absolute atomic E-state index is 0.0718. The number of aliphatic carboxylic acids is 1. The van der Waals surface area contributed by atoms with Gasteiger partial charge in [-0.25, -0.2) is 4.98 Å². The molecule has 0 bridgehead atoms. The van der Waals surface area contributed by atoms with Gasteiger partial charge in [0.25, 0.3) is 0 Å². The fourth-order valence-corrected chi connectivity index (χ4v) is 2.55. The fraction of sp³-hybridized carbons (Fsp3) is 0.692. The summed E-state index contributed by atoms with van der Waals surface area (Å²) >= 11 is 1.30. The van der Waals surface area contributed by atoms with E-state index in [1.54, 1.807) is 0 Å². The van der Waals surface area contributed by atoms with Gasteiger partial charge >= 0.3 is 5.97 Å². The maximum absolute atomic E-state index is 10.6. The average Bonchev–Trinajstić information content (AvgIpc) is 2.70. The monoisotopic (exact) mass is 270 g/mol. The van der Waals surface area contributed by atoms with Crippen LogP contribution in [0.1, 0.15) is 51.6 Å². The number of aromatic nitrogens is 2. The molecule has 0 aromatic carbocycles. The molecular formula is C13H22N2O2S. The molecule has 0 aliphatic rings. The summed E-state index contributed by atoms with van der Waals surface area (Å²) in [5, 5.41) is 9.57. The van der Waals surface area contributed by atoms with Gasteiger partial charge in [0.1, 0.15) is 0 Å². The molecule has 0 amide bonds. The quantitative estimate of drug-likeness (QED) is 0.581. The molecule has 0 aliphatic carbocycles. The predicted molar refractivity (Wildman–Crippen MR) is 74.2 cm³/mol. The second-order valence-electron chi connectivity index (χ2n) is 4.66. The van der Waals surface area contributed by atoms with Crippen LogP contribution in [0.25, 0.3) is 0 Å². The molecule has 0 saturated carbocycles. The van der Waals surface area contributed by atoms with Crippen molar-refractivity contribution in [2.75, 3.05) is 5.75 Å². The van der Waals surface area contributed by atoms with Crippen LogP contribution in [0.15, 0.2) is 11.4 Å². The highest BCUT2D eigenvalue weighted by atomic mass is 32.2. The Hall–Kier alpha value is -0.970. The van der Waals surface area contributed by atoms with Crippen molar-refractivity contribution in [2.24, 2.45) is 0 Å². The maximum atomic E-state index is 10.6. The van der Waals surface area contributed by atoms with Gasteiger partial charge in [0, 0.05) is 18.4 Å². The van der Waals surface area contributed by atoms with Crippen molar-refractivity contribution < 1.29 is 9.90 Å². The Morgan fingerprint density at radius 1 is 1.50 bits per heavy atom. The van der Waals surface area contributed by atoms with Crippen molar-refractivity contribution in [1.82, 2.24) is 9.55 Å². The smallest absolute Gasteiger partial charge is 0.313 e. The molecule has 1 heterocycles. The molecule has 0 saturated heterocycles. The number of hydrogen-bond donors (Lipinski definition) is 1. The molecule has 102 valence electrons. The lowest BCUT2D eigenvalue weighted by molar-refractivity contribution is -0.133. The Morgan fingerprint density at radius 2 is 2.22 bits per heavy atom. The average molecular weight is 270 g/mol. The predicted octanol–water partition coefficient (Wildman–Crippen LogP) is 3.37. The number of thioether (sulfide) groups is 1. The molecule has 4 nitrogen and oxygen atoms in total. The zero-order chi connectivity index (χ0) is 13.5. The third-order valence-corrected chi connectivity index (χ3v) is 3.73. The van der Waals surface area contributed by atoms with Gasteiger partial charge in [-0.2, -0.15) is 0 Å². The van der Waals surface area contributed by atoms with Gasteiger partial charge in [-0.05, 0) is 12.3 Å². The molecule has 1 rings (SSSR count). The Labute approximate surface area is 113 Å². The largest absolute Gasteiger partial charge is 0.481 e. The summed E-state index contributed by atoms with van der Waals surface area (Å²) in [6, 6.07) is 0. The van der Waals surface area contributed by atoms with Crippen molar-refractivity contribution in [3.05, 3.63) is 11.9 Å². The van der Waals surface area contributed by atoms with E-state index in [-0.39, 0.29) is 5.75 Å². The van der Waals surface area contributed by atoms with Crippen molar-refractivity contribution in [3.63, 3.8) is 0 Å². The Bertz CT molecular complexity index is 388. The van der Waals surface area contributed by atoms with E-state index in [1.807, 2.05) is 6.20 Å². The molecule has 18 heavy (non-hydrogen) atoms. The van der Waals surface area contributed by atoms with E-state index in [9.17, 15) is 4.79 Å². The van der Waals surface area contributed by atoms with E-state index in [4.69, 9.17) is 5.11 Å². The first-order chi connectivity index (χ1) is 8.56. The highest BCUT2D eigenvalue weighted by Gasteiger charge is 2.13. The number of carboxylic acids is 1. The first-order valence-corrected chi connectivity index (χ1v) is 7.44. The lowest BCUT2D eigenvalue weighted by Crippen LogP contribution is -2.07. The van der Waals surface area contributed by atoms with Crippen molar-refractivity contribution in [3.8, 4) is 0 Å². The molecule has 5 heteroatoms. The van der Waals surface area contributed by atoms with Crippen LogP contribution in [0.5, 0.6) is 0 Å². The second-order valence-corrected chi connectivity index (χ2v) is 5.60. The molecule has 1 aromatic rings. The number of carbonyl (C=O) groups is 1. The van der Waals surface area contributed by atoms with E-state index < -0.39 is 5.97 Å². The van der Waals surface area contributed by atoms with Gasteiger partial charge in [-0.3, -0.25) is 4.79 Å². The van der Waals surface area contributed by atoms with E-state index in [1.165, 1.54) is 30.3 Å². The maximum Gasteiger partial charge on any atom is 0.313 e. The molecule has 0 fully saturated rings. The fourth-order valence-electron chi connectivity index (χ4n) is 1.82. The zero-order valence-corrected chi connectivity index (χ0v) is 12.2. The number of unbranched alkanes of at least 4 members (excludes halogenated alkanes) is 2. The molecule has 0 aliphatic heterocycles. The Kier molecular flexibility index (Phi) is 6.25. The Balaban J connectivity index is 2.78. The van der Waals surface area contributed by atoms with Gasteiger partial charge in [-0.1, -0.05) is 45.4 Å². The van der Waals surface area contributed by atoms with Gasteiger partial charge in [0.05, 0.1) is 5.75 Å². The van der Waals surface area contributed by atoms with Crippen LogP contribution < -0.4 is 0 Å². The Morgan fingerprint density at radius 3 is 2.78 bits per heavy atom. The van der Waals surface area contributed by atoms with E-state index in [0.717, 1.165) is 18.1 Å². The van der Waals surface area contributed by atoms with Crippen LogP contribution in [0.3, 0.4) is 0 Å². The third kappa shape index (κ3) is 4.37. The molecule has 0 radical (unpaired) electrons. The minimum Gasteiger partial charge on any atom is -0.481 e. The van der Waals surface area contributed by atoms with Gasteiger partial charge in [0.2, 0.25) is 0 Å². The molecular weight excluding hydrogens is 248 g/mol. The normalized spacial score (nSPS) is 11.1. The number of nitrogens with zero attached hydrogens (tertiary/aromatic N) is 2. The summed E-state index contributed by atoms with van der Waals surface area (Å²) in [6.07, 6.45) is 5.37. The molecule has 0 spiro atoms. The summed E-state index contributed by atoms with van der Waals surface area (Å²) in [6.45, 7) is 7.39.